The van der Waals surface area contributed by atoms with Gasteiger partial charge in [0.25, 0.3) is 0 Å². The molecular weight excluding hydrogens is 294 g/mol. The third kappa shape index (κ3) is 5.32. The van der Waals surface area contributed by atoms with Crippen LogP contribution < -0.4 is 20.1 Å². The number of rotatable bonds is 7. The van der Waals surface area contributed by atoms with Gasteiger partial charge in [-0.3, -0.25) is 4.99 Å². The fourth-order valence-electron chi connectivity index (χ4n) is 2.45. The predicted octanol–water partition coefficient (Wildman–Crippen LogP) is 2.65. The number of aliphatic imine (C=N–C) groups is 1. The van der Waals surface area contributed by atoms with E-state index >= 15 is 0 Å². The van der Waals surface area contributed by atoms with Crippen LogP contribution in [0.3, 0.4) is 0 Å². The van der Waals surface area contributed by atoms with Crippen molar-refractivity contribution in [1.82, 2.24) is 5.32 Å². The van der Waals surface area contributed by atoms with Gasteiger partial charge in [0.15, 0.2) is 17.5 Å². The Bertz CT molecular complexity index is 514. The number of anilines is 1. The van der Waals surface area contributed by atoms with Gasteiger partial charge in [-0.15, -0.1) is 0 Å². The lowest BCUT2D eigenvalue weighted by Gasteiger charge is -2.15. The number of hydrogen-bond acceptors (Lipinski definition) is 4. The maximum Gasteiger partial charge on any atom is 0.195 e. The average molecular weight is 321 g/mol. The van der Waals surface area contributed by atoms with Crippen molar-refractivity contribution in [2.45, 2.75) is 32.8 Å². The van der Waals surface area contributed by atoms with Gasteiger partial charge in [0, 0.05) is 24.9 Å². The number of nitrogens with one attached hydrogen (secondary N) is 2. The van der Waals surface area contributed by atoms with E-state index < -0.39 is 0 Å². The summed E-state index contributed by atoms with van der Waals surface area (Å²) in [5, 5.41) is 6.54. The zero-order chi connectivity index (χ0) is 16.5. The molecule has 23 heavy (non-hydrogen) atoms. The van der Waals surface area contributed by atoms with E-state index in [1.807, 2.05) is 32.0 Å². The molecule has 1 aliphatic heterocycles. The summed E-state index contributed by atoms with van der Waals surface area (Å²) in [5.74, 6) is 2.18. The first-order valence-corrected chi connectivity index (χ1v) is 8.24. The number of guanidine groups is 1. The largest absolute Gasteiger partial charge is 0.493 e. The van der Waals surface area contributed by atoms with E-state index in [2.05, 4.69) is 15.6 Å². The zero-order valence-electron chi connectivity index (χ0n) is 14.2. The monoisotopic (exact) mass is 321 g/mol. The van der Waals surface area contributed by atoms with E-state index in [-0.39, 0.29) is 6.10 Å². The molecule has 6 nitrogen and oxygen atoms in total. The van der Waals surface area contributed by atoms with Crippen molar-refractivity contribution in [3.63, 3.8) is 0 Å². The van der Waals surface area contributed by atoms with Crippen LogP contribution in [-0.2, 0) is 4.74 Å². The molecule has 0 aliphatic carbocycles. The molecule has 1 unspecified atom stereocenters. The van der Waals surface area contributed by atoms with Gasteiger partial charge < -0.3 is 24.8 Å². The number of ether oxygens (including phenoxy) is 3. The second-order valence-electron chi connectivity index (χ2n) is 5.28. The Balaban J connectivity index is 2.04. The second-order valence-corrected chi connectivity index (χ2v) is 5.28. The van der Waals surface area contributed by atoms with Crippen LogP contribution in [0, 0.1) is 0 Å². The summed E-state index contributed by atoms with van der Waals surface area (Å²) in [6, 6.07) is 5.75. The summed E-state index contributed by atoms with van der Waals surface area (Å²) in [6.07, 6.45) is 2.44. The van der Waals surface area contributed by atoms with Gasteiger partial charge in [-0.05, 0) is 38.8 Å². The Kier molecular flexibility index (Phi) is 7.00. The third-order valence-electron chi connectivity index (χ3n) is 3.55. The highest BCUT2D eigenvalue weighted by Gasteiger charge is 2.15. The van der Waals surface area contributed by atoms with Gasteiger partial charge in [0.1, 0.15) is 0 Å². The molecule has 1 aromatic carbocycles. The Labute approximate surface area is 138 Å². The number of hydrogen-bond donors (Lipinski definition) is 2. The molecule has 0 spiro atoms. The molecule has 0 amide bonds. The Morgan fingerprint density at radius 2 is 2.22 bits per heavy atom. The molecule has 1 heterocycles. The van der Waals surface area contributed by atoms with Gasteiger partial charge in [-0.1, -0.05) is 0 Å². The van der Waals surface area contributed by atoms with Gasteiger partial charge in [-0.25, -0.2) is 0 Å². The molecule has 0 aromatic heterocycles. The highest BCUT2D eigenvalue weighted by molar-refractivity contribution is 5.93. The van der Waals surface area contributed by atoms with Crippen molar-refractivity contribution in [1.29, 1.82) is 0 Å². The molecule has 1 aliphatic rings. The molecule has 6 heteroatoms. The van der Waals surface area contributed by atoms with E-state index in [0.29, 0.717) is 18.9 Å². The van der Waals surface area contributed by atoms with Gasteiger partial charge >= 0.3 is 0 Å². The first-order chi connectivity index (χ1) is 11.3. The molecule has 0 saturated carbocycles. The van der Waals surface area contributed by atoms with Crippen molar-refractivity contribution in [3.05, 3.63) is 18.2 Å². The van der Waals surface area contributed by atoms with Crippen molar-refractivity contribution < 1.29 is 14.2 Å². The lowest BCUT2D eigenvalue weighted by molar-refractivity contribution is 0.118. The molecule has 1 fully saturated rings. The summed E-state index contributed by atoms with van der Waals surface area (Å²) in [4.78, 5) is 4.60. The standard InChI is InChI=1S/C17H27N3O3/c1-4-18-17(19-12-14-7-6-10-23-14)20-13-8-9-15(22-5-2)16(11-13)21-3/h8-9,11,14H,4-7,10,12H2,1-3H3,(H2,18,19,20). The topological polar surface area (TPSA) is 64.1 Å². The third-order valence-corrected chi connectivity index (χ3v) is 3.55. The van der Waals surface area contributed by atoms with Crippen LogP contribution in [0.5, 0.6) is 11.5 Å². The minimum absolute atomic E-state index is 0.236. The Hall–Kier alpha value is -1.95. The van der Waals surface area contributed by atoms with Crippen LogP contribution in [0.1, 0.15) is 26.7 Å². The van der Waals surface area contributed by atoms with Gasteiger partial charge in [-0.2, -0.15) is 0 Å². The molecule has 128 valence electrons. The second kappa shape index (κ2) is 9.25. The fraction of sp³-hybridized carbons (Fsp3) is 0.588. The van der Waals surface area contributed by atoms with Crippen molar-refractivity contribution in [3.8, 4) is 11.5 Å². The number of nitrogens with zero attached hydrogens (tertiary/aromatic N) is 1. The first kappa shape index (κ1) is 17.4. The average Bonchev–Trinajstić information content (AvgIpc) is 3.08. The van der Waals surface area contributed by atoms with Crippen LogP contribution >= 0.6 is 0 Å². The van der Waals surface area contributed by atoms with Crippen LogP contribution in [-0.4, -0.2) is 45.5 Å². The maximum absolute atomic E-state index is 5.61. The highest BCUT2D eigenvalue weighted by atomic mass is 16.5. The number of benzene rings is 1. The minimum Gasteiger partial charge on any atom is -0.493 e. The lowest BCUT2D eigenvalue weighted by Crippen LogP contribution is -2.31. The van der Waals surface area contributed by atoms with E-state index in [9.17, 15) is 0 Å². The first-order valence-electron chi connectivity index (χ1n) is 8.24. The summed E-state index contributed by atoms with van der Waals surface area (Å²) in [6.45, 7) is 6.92. The predicted molar refractivity (Wildman–Crippen MR) is 92.7 cm³/mol. The maximum atomic E-state index is 5.61. The van der Waals surface area contributed by atoms with E-state index in [1.54, 1.807) is 7.11 Å². The highest BCUT2D eigenvalue weighted by Crippen LogP contribution is 2.30. The molecule has 2 rings (SSSR count). The SMILES string of the molecule is CCNC(=NCC1CCCO1)Nc1ccc(OCC)c(OC)c1. The van der Waals surface area contributed by atoms with Crippen molar-refractivity contribution in [2.24, 2.45) is 4.99 Å². The molecule has 0 radical (unpaired) electrons. The fourth-order valence-corrected chi connectivity index (χ4v) is 2.45. The Morgan fingerprint density at radius 3 is 2.87 bits per heavy atom. The van der Waals surface area contributed by atoms with Gasteiger partial charge in [0.2, 0.25) is 0 Å². The minimum atomic E-state index is 0.236. The van der Waals surface area contributed by atoms with E-state index in [4.69, 9.17) is 14.2 Å². The quantitative estimate of drug-likeness (QED) is 0.597. The Morgan fingerprint density at radius 1 is 1.35 bits per heavy atom. The molecule has 1 saturated heterocycles. The van der Waals surface area contributed by atoms with E-state index in [0.717, 1.165) is 43.4 Å². The van der Waals surface area contributed by atoms with Crippen molar-refractivity contribution in [2.75, 3.05) is 38.7 Å². The lowest BCUT2D eigenvalue weighted by atomic mass is 10.2. The zero-order valence-corrected chi connectivity index (χ0v) is 14.2. The molecule has 0 bridgehead atoms. The molecule has 2 N–H and O–H groups in total. The summed E-state index contributed by atoms with van der Waals surface area (Å²) in [7, 11) is 1.64. The summed E-state index contributed by atoms with van der Waals surface area (Å²) in [5.41, 5.74) is 0.900. The van der Waals surface area contributed by atoms with Crippen LogP contribution in [0.25, 0.3) is 0 Å². The van der Waals surface area contributed by atoms with Crippen LogP contribution in [0.2, 0.25) is 0 Å². The van der Waals surface area contributed by atoms with Crippen LogP contribution in [0.4, 0.5) is 5.69 Å². The normalized spacial score (nSPS) is 17.9. The summed E-state index contributed by atoms with van der Waals surface area (Å²) >= 11 is 0. The van der Waals surface area contributed by atoms with Gasteiger partial charge in [0.05, 0.1) is 26.4 Å². The van der Waals surface area contributed by atoms with Crippen molar-refractivity contribution >= 4 is 11.6 Å². The van der Waals surface area contributed by atoms with Crippen LogP contribution in [0.15, 0.2) is 23.2 Å². The number of methoxy groups -OCH3 is 1. The molecule has 1 atom stereocenters. The summed E-state index contributed by atoms with van der Waals surface area (Å²) < 4.78 is 16.5. The molecular formula is C17H27N3O3. The van der Waals surface area contributed by atoms with E-state index in [1.165, 1.54) is 0 Å². The smallest absolute Gasteiger partial charge is 0.195 e. The molecule has 1 aromatic rings.